The van der Waals surface area contributed by atoms with E-state index in [1.807, 2.05) is 6.92 Å². The van der Waals surface area contributed by atoms with E-state index in [1.54, 1.807) is 0 Å². The van der Waals surface area contributed by atoms with Crippen LogP contribution in [-0.2, 0) is 0 Å². The molecule has 12 heavy (non-hydrogen) atoms. The lowest BCUT2D eigenvalue weighted by molar-refractivity contribution is -0.0875. The van der Waals surface area contributed by atoms with Gasteiger partial charge in [0.2, 0.25) is 0 Å². The molecule has 0 saturated carbocycles. The van der Waals surface area contributed by atoms with Gasteiger partial charge in [-0.25, -0.2) is 0 Å². The summed E-state index contributed by atoms with van der Waals surface area (Å²) in [7, 11) is 0. The van der Waals surface area contributed by atoms with Crippen molar-refractivity contribution in [1.29, 1.82) is 0 Å². The molecule has 0 amide bonds. The highest BCUT2D eigenvalue weighted by Gasteiger charge is 2.45. The van der Waals surface area contributed by atoms with Crippen LogP contribution in [0.15, 0.2) is 0 Å². The summed E-state index contributed by atoms with van der Waals surface area (Å²) in [5.74, 6) is 0.766. The average molecular weight is 169 g/mol. The molecule has 2 bridgehead atoms. The Labute approximate surface area is 74.6 Å². The average Bonchev–Trinajstić information content (AvgIpc) is 2.05. The van der Waals surface area contributed by atoms with Crippen molar-refractivity contribution in [2.24, 2.45) is 11.3 Å². The fraction of sp³-hybridized carbons (Fsp3) is 1.00. The van der Waals surface area contributed by atoms with Gasteiger partial charge in [-0.1, -0.05) is 6.92 Å². The SMILES string of the molecule is CC(O)C1(C)CN2CCC1CC2. The van der Waals surface area contributed by atoms with Crippen LogP contribution in [0.4, 0.5) is 0 Å². The Hall–Kier alpha value is -0.0800. The zero-order chi connectivity index (χ0) is 8.77. The zero-order valence-electron chi connectivity index (χ0n) is 8.08. The number of rotatable bonds is 1. The fourth-order valence-electron chi connectivity index (χ4n) is 2.83. The van der Waals surface area contributed by atoms with Crippen molar-refractivity contribution in [2.75, 3.05) is 19.6 Å². The van der Waals surface area contributed by atoms with Gasteiger partial charge < -0.3 is 10.0 Å². The second-order valence-electron chi connectivity index (χ2n) is 4.73. The monoisotopic (exact) mass is 169 g/mol. The highest BCUT2D eigenvalue weighted by atomic mass is 16.3. The minimum absolute atomic E-state index is 0.148. The molecule has 3 saturated heterocycles. The van der Waals surface area contributed by atoms with Crippen molar-refractivity contribution < 1.29 is 5.11 Å². The first-order chi connectivity index (χ1) is 5.63. The van der Waals surface area contributed by atoms with Crippen LogP contribution in [0.25, 0.3) is 0 Å². The molecule has 2 atom stereocenters. The van der Waals surface area contributed by atoms with Crippen LogP contribution >= 0.6 is 0 Å². The summed E-state index contributed by atoms with van der Waals surface area (Å²) in [4.78, 5) is 2.49. The Balaban J connectivity index is 2.17. The number of aliphatic hydroxyl groups is 1. The Morgan fingerprint density at radius 3 is 2.25 bits per heavy atom. The number of hydrogen-bond acceptors (Lipinski definition) is 2. The van der Waals surface area contributed by atoms with Gasteiger partial charge in [0.25, 0.3) is 0 Å². The third-order valence-electron chi connectivity index (χ3n) is 4.04. The lowest BCUT2D eigenvalue weighted by Crippen LogP contribution is -2.57. The van der Waals surface area contributed by atoms with Gasteiger partial charge in [-0.3, -0.25) is 0 Å². The first-order valence-electron chi connectivity index (χ1n) is 5.03. The third-order valence-corrected chi connectivity index (χ3v) is 4.04. The van der Waals surface area contributed by atoms with Gasteiger partial charge in [-0.15, -0.1) is 0 Å². The lowest BCUT2D eigenvalue weighted by Gasteiger charge is -2.53. The number of hydrogen-bond donors (Lipinski definition) is 1. The van der Waals surface area contributed by atoms with E-state index in [9.17, 15) is 5.11 Å². The van der Waals surface area contributed by atoms with Gasteiger partial charge >= 0.3 is 0 Å². The van der Waals surface area contributed by atoms with E-state index in [2.05, 4.69) is 11.8 Å². The molecule has 3 heterocycles. The van der Waals surface area contributed by atoms with Crippen molar-refractivity contribution in [2.45, 2.75) is 32.8 Å². The summed E-state index contributed by atoms with van der Waals surface area (Å²) in [5, 5.41) is 9.73. The van der Waals surface area contributed by atoms with Crippen LogP contribution in [0.1, 0.15) is 26.7 Å². The molecule has 0 aromatic rings. The molecule has 0 aliphatic carbocycles. The standard InChI is InChI=1S/C10H19NO/c1-8(12)10(2)7-11-5-3-9(10)4-6-11/h8-9,12H,3-7H2,1-2H3. The van der Waals surface area contributed by atoms with Crippen molar-refractivity contribution >= 4 is 0 Å². The zero-order valence-corrected chi connectivity index (χ0v) is 8.08. The molecule has 70 valence electrons. The quantitative estimate of drug-likeness (QED) is 0.635. The van der Waals surface area contributed by atoms with Gasteiger partial charge in [0, 0.05) is 12.0 Å². The maximum absolute atomic E-state index is 9.73. The Morgan fingerprint density at radius 2 is 2.00 bits per heavy atom. The Kier molecular flexibility index (Phi) is 1.92. The molecular weight excluding hydrogens is 150 g/mol. The molecule has 3 aliphatic heterocycles. The predicted octanol–water partition coefficient (Wildman–Crippen LogP) is 1.10. The van der Waals surface area contributed by atoms with E-state index in [-0.39, 0.29) is 11.5 Å². The molecule has 0 aromatic heterocycles. The minimum atomic E-state index is -0.148. The first kappa shape index (κ1) is 8.52. The maximum Gasteiger partial charge on any atom is 0.0580 e. The molecule has 0 radical (unpaired) electrons. The topological polar surface area (TPSA) is 23.5 Å². The second kappa shape index (κ2) is 2.71. The normalized spacial score (nSPS) is 49.2. The van der Waals surface area contributed by atoms with Crippen LogP contribution < -0.4 is 0 Å². The van der Waals surface area contributed by atoms with E-state index < -0.39 is 0 Å². The number of aliphatic hydroxyl groups excluding tert-OH is 1. The molecule has 2 heteroatoms. The molecule has 1 N–H and O–H groups in total. The maximum atomic E-state index is 9.73. The number of nitrogens with zero attached hydrogens (tertiary/aromatic N) is 1. The van der Waals surface area contributed by atoms with E-state index in [0.717, 1.165) is 12.5 Å². The first-order valence-corrected chi connectivity index (χ1v) is 5.03. The molecule has 2 nitrogen and oxygen atoms in total. The summed E-state index contributed by atoms with van der Waals surface area (Å²) in [6.45, 7) is 7.81. The van der Waals surface area contributed by atoms with Crippen molar-refractivity contribution in [3.63, 3.8) is 0 Å². The highest BCUT2D eigenvalue weighted by Crippen LogP contribution is 2.43. The molecule has 3 fully saturated rings. The summed E-state index contributed by atoms with van der Waals surface area (Å²) in [6, 6.07) is 0. The van der Waals surface area contributed by atoms with Crippen LogP contribution in [0, 0.1) is 11.3 Å². The van der Waals surface area contributed by atoms with Gasteiger partial charge in [0.05, 0.1) is 6.10 Å². The van der Waals surface area contributed by atoms with Crippen LogP contribution in [0.3, 0.4) is 0 Å². The van der Waals surface area contributed by atoms with Crippen molar-refractivity contribution in [3.8, 4) is 0 Å². The fourth-order valence-corrected chi connectivity index (χ4v) is 2.83. The van der Waals surface area contributed by atoms with Gasteiger partial charge in [0.1, 0.15) is 0 Å². The molecule has 3 rings (SSSR count). The van der Waals surface area contributed by atoms with Crippen LogP contribution in [-0.4, -0.2) is 35.7 Å². The number of piperidine rings is 3. The molecule has 0 spiro atoms. The molecule has 3 aliphatic rings. The molecule has 0 aromatic carbocycles. The van der Waals surface area contributed by atoms with E-state index in [0.29, 0.717) is 0 Å². The van der Waals surface area contributed by atoms with Crippen LogP contribution in [0.2, 0.25) is 0 Å². The summed E-state index contributed by atoms with van der Waals surface area (Å²) in [6.07, 6.45) is 2.44. The Bertz CT molecular complexity index is 173. The van der Waals surface area contributed by atoms with Gasteiger partial charge in [-0.2, -0.15) is 0 Å². The van der Waals surface area contributed by atoms with Crippen LogP contribution in [0.5, 0.6) is 0 Å². The summed E-state index contributed by atoms with van der Waals surface area (Å²) >= 11 is 0. The van der Waals surface area contributed by atoms with Crippen molar-refractivity contribution in [3.05, 3.63) is 0 Å². The third kappa shape index (κ3) is 1.09. The second-order valence-corrected chi connectivity index (χ2v) is 4.73. The predicted molar refractivity (Wildman–Crippen MR) is 49.0 cm³/mol. The summed E-state index contributed by atoms with van der Waals surface area (Å²) in [5.41, 5.74) is 0.177. The smallest absolute Gasteiger partial charge is 0.0580 e. The van der Waals surface area contributed by atoms with E-state index in [1.165, 1.54) is 25.9 Å². The molecular formula is C10H19NO. The van der Waals surface area contributed by atoms with E-state index in [4.69, 9.17) is 0 Å². The Morgan fingerprint density at radius 1 is 1.42 bits per heavy atom. The molecule has 2 unspecified atom stereocenters. The largest absolute Gasteiger partial charge is 0.393 e. The van der Waals surface area contributed by atoms with E-state index >= 15 is 0 Å². The summed E-state index contributed by atoms with van der Waals surface area (Å²) < 4.78 is 0. The highest BCUT2D eigenvalue weighted by molar-refractivity contribution is 4.97. The number of fused-ring (bicyclic) bond motifs is 3. The van der Waals surface area contributed by atoms with Gasteiger partial charge in [-0.05, 0) is 38.8 Å². The van der Waals surface area contributed by atoms with Crippen molar-refractivity contribution in [1.82, 2.24) is 4.90 Å². The lowest BCUT2D eigenvalue weighted by atomic mass is 9.65. The van der Waals surface area contributed by atoms with Gasteiger partial charge in [0.15, 0.2) is 0 Å². The minimum Gasteiger partial charge on any atom is -0.393 e.